The topological polar surface area (TPSA) is 26.0 Å². The number of benzene rings is 1. The molecule has 1 unspecified atom stereocenters. The normalized spacial score (nSPS) is 26.2. The van der Waals surface area contributed by atoms with Crippen LogP contribution in [0.1, 0.15) is 49.1 Å². The van der Waals surface area contributed by atoms with Crippen molar-refractivity contribution in [3.05, 3.63) is 35.1 Å². The maximum absolute atomic E-state index is 13.3. The molecule has 0 aromatic heterocycles. The van der Waals surface area contributed by atoms with Crippen LogP contribution in [-0.4, -0.2) is 6.54 Å². The van der Waals surface area contributed by atoms with Crippen LogP contribution < -0.4 is 5.73 Å². The van der Waals surface area contributed by atoms with Crippen molar-refractivity contribution in [1.82, 2.24) is 0 Å². The molecule has 2 aliphatic rings. The van der Waals surface area contributed by atoms with Crippen molar-refractivity contribution in [2.45, 2.75) is 43.4 Å². The molecule has 1 saturated carbocycles. The van der Waals surface area contributed by atoms with E-state index in [2.05, 4.69) is 0 Å². The zero-order chi connectivity index (χ0) is 11.2. The maximum atomic E-state index is 13.3. The quantitative estimate of drug-likeness (QED) is 0.771. The highest BCUT2D eigenvalue weighted by Gasteiger charge is 2.43. The fourth-order valence-electron chi connectivity index (χ4n) is 3.46. The second-order valence-electron chi connectivity index (χ2n) is 5.34. The van der Waals surface area contributed by atoms with Crippen molar-refractivity contribution in [2.75, 3.05) is 6.54 Å². The monoisotopic (exact) mass is 219 g/mol. The highest BCUT2D eigenvalue weighted by molar-refractivity contribution is 5.41. The average Bonchev–Trinajstić information content (AvgIpc) is 2.25. The molecule has 0 aliphatic heterocycles. The van der Waals surface area contributed by atoms with E-state index in [0.29, 0.717) is 17.9 Å². The second kappa shape index (κ2) is 3.56. The highest BCUT2D eigenvalue weighted by Crippen LogP contribution is 2.53. The molecule has 1 aromatic rings. The molecule has 16 heavy (non-hydrogen) atoms. The minimum atomic E-state index is -0.117. The number of hydrogen-bond donors (Lipinski definition) is 1. The van der Waals surface area contributed by atoms with Crippen molar-refractivity contribution in [3.63, 3.8) is 0 Å². The van der Waals surface area contributed by atoms with Gasteiger partial charge in [-0.05, 0) is 66.8 Å². The second-order valence-corrected chi connectivity index (χ2v) is 5.34. The van der Waals surface area contributed by atoms with Crippen LogP contribution in [0.25, 0.3) is 0 Å². The maximum Gasteiger partial charge on any atom is 0.123 e. The minimum absolute atomic E-state index is 0.117. The van der Waals surface area contributed by atoms with E-state index in [-0.39, 0.29) is 5.82 Å². The predicted octanol–water partition coefficient (Wildman–Crippen LogP) is 3.08. The van der Waals surface area contributed by atoms with E-state index >= 15 is 0 Å². The molecule has 0 amide bonds. The molecular weight excluding hydrogens is 201 g/mol. The first-order valence-electron chi connectivity index (χ1n) is 6.25. The van der Waals surface area contributed by atoms with Crippen molar-refractivity contribution < 1.29 is 4.39 Å². The van der Waals surface area contributed by atoms with Gasteiger partial charge in [-0.15, -0.1) is 0 Å². The summed E-state index contributed by atoms with van der Waals surface area (Å²) in [7, 11) is 0. The Bertz CT molecular complexity index is 409. The first-order valence-corrected chi connectivity index (χ1v) is 6.25. The van der Waals surface area contributed by atoms with Gasteiger partial charge in [0.15, 0.2) is 0 Å². The third kappa shape index (κ3) is 1.32. The number of rotatable bonds is 1. The van der Waals surface area contributed by atoms with Gasteiger partial charge in [0.1, 0.15) is 5.82 Å². The molecule has 2 aliphatic carbocycles. The summed E-state index contributed by atoms with van der Waals surface area (Å²) in [5.41, 5.74) is 8.76. The summed E-state index contributed by atoms with van der Waals surface area (Å²) in [6.07, 6.45) is 6.26. The van der Waals surface area contributed by atoms with E-state index < -0.39 is 0 Å². The van der Waals surface area contributed by atoms with Gasteiger partial charge in [0, 0.05) is 0 Å². The number of halogens is 1. The standard InChI is InChI=1S/C14H18FN/c15-11-2-3-13-12(8-11)10(9-16)4-7-14(13)5-1-6-14/h2-3,8,10H,1,4-7,9,16H2. The summed E-state index contributed by atoms with van der Waals surface area (Å²) in [4.78, 5) is 0. The van der Waals surface area contributed by atoms with E-state index in [1.165, 1.54) is 36.8 Å². The van der Waals surface area contributed by atoms with Gasteiger partial charge < -0.3 is 5.73 Å². The third-order valence-corrected chi connectivity index (χ3v) is 4.59. The van der Waals surface area contributed by atoms with Crippen LogP contribution in [0, 0.1) is 5.82 Å². The highest BCUT2D eigenvalue weighted by atomic mass is 19.1. The van der Waals surface area contributed by atoms with Crippen LogP contribution in [0.5, 0.6) is 0 Å². The van der Waals surface area contributed by atoms with Crippen LogP contribution in [0.2, 0.25) is 0 Å². The fraction of sp³-hybridized carbons (Fsp3) is 0.571. The van der Waals surface area contributed by atoms with Crippen molar-refractivity contribution in [1.29, 1.82) is 0 Å². The summed E-state index contributed by atoms with van der Waals surface area (Å²) in [5.74, 6) is 0.255. The molecular formula is C14H18FN. The van der Waals surface area contributed by atoms with Gasteiger partial charge in [-0.25, -0.2) is 4.39 Å². The largest absolute Gasteiger partial charge is 0.330 e. The van der Waals surface area contributed by atoms with Gasteiger partial charge in [0.2, 0.25) is 0 Å². The lowest BCUT2D eigenvalue weighted by molar-refractivity contribution is 0.199. The van der Waals surface area contributed by atoms with Crippen LogP contribution in [0.15, 0.2) is 18.2 Å². The average molecular weight is 219 g/mol. The van der Waals surface area contributed by atoms with Gasteiger partial charge in [-0.2, -0.15) is 0 Å². The molecule has 0 heterocycles. The van der Waals surface area contributed by atoms with Gasteiger partial charge in [-0.1, -0.05) is 12.5 Å². The number of fused-ring (bicyclic) bond motifs is 2. The fourth-order valence-corrected chi connectivity index (χ4v) is 3.46. The lowest BCUT2D eigenvalue weighted by Gasteiger charge is -2.48. The van der Waals surface area contributed by atoms with Gasteiger partial charge in [0.25, 0.3) is 0 Å². The Morgan fingerprint density at radius 2 is 2.12 bits per heavy atom. The molecule has 1 aromatic carbocycles. The molecule has 86 valence electrons. The molecule has 1 spiro atoms. The zero-order valence-corrected chi connectivity index (χ0v) is 9.51. The smallest absolute Gasteiger partial charge is 0.123 e. The van der Waals surface area contributed by atoms with Crippen LogP contribution in [0.4, 0.5) is 4.39 Å². The molecule has 1 atom stereocenters. The Hall–Kier alpha value is -0.890. The van der Waals surface area contributed by atoms with Crippen LogP contribution in [-0.2, 0) is 5.41 Å². The molecule has 0 radical (unpaired) electrons. The van der Waals surface area contributed by atoms with Crippen molar-refractivity contribution >= 4 is 0 Å². The molecule has 2 heteroatoms. The molecule has 0 bridgehead atoms. The van der Waals surface area contributed by atoms with E-state index in [1.54, 1.807) is 12.1 Å². The summed E-state index contributed by atoms with van der Waals surface area (Å²) < 4.78 is 13.3. The van der Waals surface area contributed by atoms with Gasteiger partial charge in [-0.3, -0.25) is 0 Å². The molecule has 1 fully saturated rings. The molecule has 2 N–H and O–H groups in total. The van der Waals surface area contributed by atoms with Gasteiger partial charge in [0.05, 0.1) is 0 Å². The summed E-state index contributed by atoms with van der Waals surface area (Å²) in [6.45, 7) is 0.645. The Morgan fingerprint density at radius 1 is 1.31 bits per heavy atom. The first kappa shape index (κ1) is 10.3. The number of hydrogen-bond acceptors (Lipinski definition) is 1. The first-order chi connectivity index (χ1) is 7.75. The van der Waals surface area contributed by atoms with Crippen LogP contribution >= 0.6 is 0 Å². The Balaban J connectivity index is 2.10. The van der Waals surface area contributed by atoms with E-state index in [9.17, 15) is 4.39 Å². The number of nitrogens with two attached hydrogens (primary N) is 1. The Labute approximate surface area is 95.8 Å². The summed E-state index contributed by atoms with van der Waals surface area (Å²) >= 11 is 0. The lowest BCUT2D eigenvalue weighted by atomic mass is 9.56. The molecule has 1 nitrogen and oxygen atoms in total. The van der Waals surface area contributed by atoms with E-state index in [4.69, 9.17) is 5.73 Å². The van der Waals surface area contributed by atoms with E-state index in [0.717, 1.165) is 6.42 Å². The predicted molar refractivity (Wildman–Crippen MR) is 63.0 cm³/mol. The van der Waals surface area contributed by atoms with Crippen molar-refractivity contribution in [2.24, 2.45) is 5.73 Å². The Morgan fingerprint density at radius 3 is 2.75 bits per heavy atom. The van der Waals surface area contributed by atoms with Crippen LogP contribution in [0.3, 0.4) is 0 Å². The SMILES string of the molecule is NCC1CCC2(CCC2)c2ccc(F)cc21. The molecule has 3 rings (SSSR count). The minimum Gasteiger partial charge on any atom is -0.330 e. The molecule has 0 saturated heterocycles. The summed E-state index contributed by atoms with van der Waals surface area (Å²) in [6, 6.07) is 5.33. The summed E-state index contributed by atoms with van der Waals surface area (Å²) in [5, 5.41) is 0. The van der Waals surface area contributed by atoms with Gasteiger partial charge >= 0.3 is 0 Å². The zero-order valence-electron chi connectivity index (χ0n) is 9.51. The van der Waals surface area contributed by atoms with E-state index in [1.807, 2.05) is 6.07 Å². The Kier molecular flexibility index (Phi) is 2.28. The van der Waals surface area contributed by atoms with Crippen molar-refractivity contribution in [3.8, 4) is 0 Å². The lowest BCUT2D eigenvalue weighted by Crippen LogP contribution is -2.39. The third-order valence-electron chi connectivity index (χ3n) is 4.59.